The minimum Gasteiger partial charge on any atom is -0.481 e. The van der Waals surface area contributed by atoms with Crippen molar-refractivity contribution in [1.82, 2.24) is 4.90 Å². The van der Waals surface area contributed by atoms with Crippen molar-refractivity contribution in [3.8, 4) is 0 Å². The van der Waals surface area contributed by atoms with Crippen LogP contribution in [0.4, 0.5) is 5.69 Å². The molecule has 2 heterocycles. The van der Waals surface area contributed by atoms with Gasteiger partial charge in [-0.3, -0.25) is 14.4 Å². The van der Waals surface area contributed by atoms with Gasteiger partial charge in [0, 0.05) is 23.8 Å². The molecular weight excluding hydrogens is 348 g/mol. The molecule has 2 amide bonds. The maximum absolute atomic E-state index is 13.0. The van der Waals surface area contributed by atoms with Gasteiger partial charge in [-0.05, 0) is 56.5 Å². The Morgan fingerprint density at radius 2 is 2.00 bits per heavy atom. The second kappa shape index (κ2) is 7.65. The molecule has 0 radical (unpaired) electrons. The number of carboxylic acid groups (broad SMARTS) is 1. The lowest BCUT2D eigenvalue weighted by Crippen LogP contribution is -2.47. The second-order valence-corrected chi connectivity index (χ2v) is 6.88. The number of furan rings is 1. The third-order valence-corrected chi connectivity index (χ3v) is 4.97. The average molecular weight is 370 g/mol. The Balaban J connectivity index is 1.81. The molecule has 0 aliphatic carbocycles. The number of benzene rings is 1. The van der Waals surface area contributed by atoms with Crippen LogP contribution < -0.4 is 5.32 Å². The average Bonchev–Trinajstić information content (AvgIpc) is 3.18. The summed E-state index contributed by atoms with van der Waals surface area (Å²) in [6.45, 7) is 3.94. The zero-order chi connectivity index (χ0) is 19.6. The summed E-state index contributed by atoms with van der Waals surface area (Å²) in [7, 11) is 0. The highest BCUT2D eigenvalue weighted by molar-refractivity contribution is 6.04. The van der Waals surface area contributed by atoms with Crippen molar-refractivity contribution >= 4 is 23.5 Å². The van der Waals surface area contributed by atoms with E-state index >= 15 is 0 Å². The maximum atomic E-state index is 13.0. The van der Waals surface area contributed by atoms with Crippen LogP contribution in [0.25, 0.3) is 0 Å². The number of aliphatic carboxylic acids is 1. The molecule has 3 rings (SSSR count). The van der Waals surface area contributed by atoms with Crippen LogP contribution in [0.5, 0.6) is 0 Å². The van der Waals surface area contributed by atoms with Crippen LogP contribution in [0.2, 0.25) is 0 Å². The molecule has 0 spiro atoms. The molecule has 2 atom stereocenters. The number of piperidine rings is 1. The minimum atomic E-state index is -0.880. The van der Waals surface area contributed by atoms with Gasteiger partial charge in [0.2, 0.25) is 0 Å². The molecular formula is C20H22N2O5. The highest BCUT2D eigenvalue weighted by atomic mass is 16.4. The van der Waals surface area contributed by atoms with Crippen molar-refractivity contribution in [2.45, 2.75) is 32.7 Å². The topological polar surface area (TPSA) is 99.9 Å². The Kier molecular flexibility index (Phi) is 5.30. The number of hydrogen-bond acceptors (Lipinski definition) is 4. The fraction of sp³-hybridized carbons (Fsp3) is 0.350. The maximum Gasteiger partial charge on any atom is 0.308 e. The number of rotatable bonds is 4. The van der Waals surface area contributed by atoms with E-state index in [1.165, 1.54) is 6.26 Å². The second-order valence-electron chi connectivity index (χ2n) is 6.88. The van der Waals surface area contributed by atoms with Gasteiger partial charge in [0.25, 0.3) is 11.8 Å². The first-order valence-electron chi connectivity index (χ1n) is 8.86. The van der Waals surface area contributed by atoms with E-state index in [-0.39, 0.29) is 24.3 Å². The van der Waals surface area contributed by atoms with Crippen molar-refractivity contribution in [1.29, 1.82) is 0 Å². The first-order chi connectivity index (χ1) is 12.9. The van der Waals surface area contributed by atoms with Gasteiger partial charge in [-0.1, -0.05) is 6.07 Å². The lowest BCUT2D eigenvalue weighted by Gasteiger charge is -2.36. The largest absolute Gasteiger partial charge is 0.481 e. The van der Waals surface area contributed by atoms with Gasteiger partial charge >= 0.3 is 5.97 Å². The highest BCUT2D eigenvalue weighted by Gasteiger charge is 2.33. The van der Waals surface area contributed by atoms with Crippen molar-refractivity contribution in [2.75, 3.05) is 11.9 Å². The van der Waals surface area contributed by atoms with E-state index in [0.717, 1.165) is 5.56 Å². The molecule has 0 bridgehead atoms. The molecule has 2 N–H and O–H groups in total. The van der Waals surface area contributed by atoms with Crippen LogP contribution in [0, 0.1) is 12.8 Å². The summed E-state index contributed by atoms with van der Waals surface area (Å²) in [4.78, 5) is 38.1. The van der Waals surface area contributed by atoms with Gasteiger partial charge in [0.15, 0.2) is 5.76 Å². The standard InChI is InChI=1S/C20H22N2O5/c1-12-5-7-14(10-16(12)21-18(23)17-4-3-9-27-17)19(24)22-11-15(20(25)26)8-6-13(22)2/h3-5,7,9-10,13,15H,6,8,11H2,1-2H3,(H,21,23)(H,25,26). The predicted molar refractivity (Wildman–Crippen MR) is 98.7 cm³/mol. The Morgan fingerprint density at radius 1 is 1.22 bits per heavy atom. The number of likely N-dealkylation sites (tertiary alicyclic amines) is 1. The Hall–Kier alpha value is -3.09. The van der Waals surface area contributed by atoms with Gasteiger partial charge in [-0.2, -0.15) is 0 Å². The zero-order valence-electron chi connectivity index (χ0n) is 15.3. The number of carboxylic acids is 1. The molecule has 1 saturated heterocycles. The van der Waals surface area contributed by atoms with Crippen LogP contribution in [0.15, 0.2) is 41.0 Å². The van der Waals surface area contributed by atoms with Crippen molar-refractivity contribution in [2.24, 2.45) is 5.92 Å². The molecule has 1 aliphatic heterocycles. The summed E-state index contributed by atoms with van der Waals surface area (Å²) in [6.07, 6.45) is 2.63. The molecule has 7 heteroatoms. The van der Waals surface area contributed by atoms with E-state index < -0.39 is 17.8 Å². The minimum absolute atomic E-state index is 0.0319. The number of hydrogen-bond donors (Lipinski definition) is 2. The van der Waals surface area contributed by atoms with E-state index in [4.69, 9.17) is 4.42 Å². The summed E-state index contributed by atoms with van der Waals surface area (Å²) in [5.74, 6) is -1.88. The molecule has 7 nitrogen and oxygen atoms in total. The smallest absolute Gasteiger partial charge is 0.308 e. The lowest BCUT2D eigenvalue weighted by atomic mass is 9.93. The fourth-order valence-corrected chi connectivity index (χ4v) is 3.24. The zero-order valence-corrected chi connectivity index (χ0v) is 15.3. The number of aryl methyl sites for hydroxylation is 1. The van der Waals surface area contributed by atoms with Crippen molar-refractivity contribution in [3.63, 3.8) is 0 Å². The van der Waals surface area contributed by atoms with E-state index in [9.17, 15) is 19.5 Å². The number of carbonyl (C=O) groups excluding carboxylic acids is 2. The van der Waals surface area contributed by atoms with Crippen LogP contribution in [0.3, 0.4) is 0 Å². The summed E-state index contributed by atoms with van der Waals surface area (Å²) in [6, 6.07) is 8.22. The van der Waals surface area contributed by atoms with Gasteiger partial charge in [-0.15, -0.1) is 0 Å². The number of amides is 2. The van der Waals surface area contributed by atoms with E-state index in [1.807, 2.05) is 13.8 Å². The molecule has 1 aliphatic rings. The third kappa shape index (κ3) is 4.02. The quantitative estimate of drug-likeness (QED) is 0.861. The Bertz CT molecular complexity index is 859. The molecule has 1 fully saturated rings. The lowest BCUT2D eigenvalue weighted by molar-refractivity contribution is -0.143. The fourth-order valence-electron chi connectivity index (χ4n) is 3.24. The van der Waals surface area contributed by atoms with Gasteiger partial charge < -0.3 is 19.7 Å². The number of nitrogens with one attached hydrogen (secondary N) is 1. The number of anilines is 1. The van der Waals surface area contributed by atoms with E-state index in [1.54, 1.807) is 35.2 Å². The van der Waals surface area contributed by atoms with Crippen molar-refractivity contribution < 1.29 is 23.9 Å². The Labute approximate surface area is 157 Å². The van der Waals surface area contributed by atoms with Gasteiger partial charge in [0.1, 0.15) is 0 Å². The monoisotopic (exact) mass is 370 g/mol. The third-order valence-electron chi connectivity index (χ3n) is 4.97. The summed E-state index contributed by atoms with van der Waals surface area (Å²) < 4.78 is 5.09. The molecule has 1 aromatic heterocycles. The summed E-state index contributed by atoms with van der Waals surface area (Å²) in [5.41, 5.74) is 1.73. The summed E-state index contributed by atoms with van der Waals surface area (Å²) in [5, 5.41) is 12.0. The molecule has 2 aromatic rings. The SMILES string of the molecule is Cc1ccc(C(=O)N2CC(C(=O)O)CCC2C)cc1NC(=O)c1ccco1. The van der Waals surface area contributed by atoms with Gasteiger partial charge in [0.05, 0.1) is 12.2 Å². The highest BCUT2D eigenvalue weighted by Crippen LogP contribution is 2.26. The van der Waals surface area contributed by atoms with Crippen LogP contribution in [0.1, 0.15) is 46.2 Å². The molecule has 0 saturated carbocycles. The molecule has 27 heavy (non-hydrogen) atoms. The number of nitrogens with zero attached hydrogens (tertiary/aromatic N) is 1. The van der Waals surface area contributed by atoms with Gasteiger partial charge in [-0.25, -0.2) is 0 Å². The van der Waals surface area contributed by atoms with E-state index in [2.05, 4.69) is 5.32 Å². The molecule has 2 unspecified atom stereocenters. The molecule has 142 valence electrons. The Morgan fingerprint density at radius 3 is 2.67 bits per heavy atom. The first kappa shape index (κ1) is 18.7. The normalized spacial score (nSPS) is 19.6. The first-order valence-corrected chi connectivity index (χ1v) is 8.86. The predicted octanol–water partition coefficient (Wildman–Crippen LogP) is 3.17. The van der Waals surface area contributed by atoms with Crippen molar-refractivity contribution in [3.05, 3.63) is 53.5 Å². The van der Waals surface area contributed by atoms with Crippen LogP contribution >= 0.6 is 0 Å². The van der Waals surface area contributed by atoms with Crippen LogP contribution in [-0.4, -0.2) is 40.4 Å². The van der Waals surface area contributed by atoms with Crippen LogP contribution in [-0.2, 0) is 4.79 Å². The summed E-state index contributed by atoms with van der Waals surface area (Å²) >= 11 is 0. The van der Waals surface area contributed by atoms with E-state index in [0.29, 0.717) is 24.1 Å². The molecule has 1 aromatic carbocycles. The number of carbonyl (C=O) groups is 3.